The van der Waals surface area contributed by atoms with Gasteiger partial charge in [-0.2, -0.15) is 0 Å². The first-order valence-electron chi connectivity index (χ1n) is 8.46. The van der Waals surface area contributed by atoms with E-state index in [4.69, 9.17) is 4.74 Å². The fraction of sp³-hybridized carbons (Fsp3) is 0.263. The monoisotopic (exact) mass is 388 g/mol. The zero-order valence-electron chi connectivity index (χ0n) is 14.8. The number of sulfonamides is 1. The molecule has 27 heavy (non-hydrogen) atoms. The van der Waals surface area contributed by atoms with Crippen molar-refractivity contribution in [1.29, 1.82) is 0 Å². The van der Waals surface area contributed by atoms with Crippen molar-refractivity contribution >= 4 is 21.8 Å². The van der Waals surface area contributed by atoms with Crippen molar-refractivity contribution in [3.8, 4) is 5.75 Å². The van der Waals surface area contributed by atoms with E-state index >= 15 is 0 Å². The molecule has 1 saturated heterocycles. The lowest BCUT2D eigenvalue weighted by Crippen LogP contribution is -2.47. The Morgan fingerprint density at radius 2 is 1.81 bits per heavy atom. The first kappa shape index (κ1) is 18.9. The van der Waals surface area contributed by atoms with Crippen LogP contribution in [0.25, 0.3) is 0 Å². The molecule has 2 aromatic carbocycles. The maximum Gasteiger partial charge on any atom is 0.267 e. The van der Waals surface area contributed by atoms with Crippen LogP contribution in [-0.4, -0.2) is 37.7 Å². The van der Waals surface area contributed by atoms with E-state index in [9.17, 15) is 18.0 Å². The van der Waals surface area contributed by atoms with E-state index in [-0.39, 0.29) is 24.3 Å². The van der Waals surface area contributed by atoms with Crippen LogP contribution in [0, 0.1) is 0 Å². The molecule has 142 valence electrons. The molecule has 1 unspecified atom stereocenters. The van der Waals surface area contributed by atoms with Crippen LogP contribution in [-0.2, 0) is 26.2 Å². The molecule has 3 rings (SSSR count). The number of ether oxygens (including phenoxy) is 1. The molecule has 0 radical (unpaired) electrons. The SMILES string of the molecule is COc1ccc(CNC(=O)C2CCC(=O)N2S(=O)(=O)c2ccccc2)cc1. The molecular formula is C19H20N2O5S. The number of methoxy groups -OCH3 is 1. The molecule has 1 N–H and O–H groups in total. The van der Waals surface area contributed by atoms with Gasteiger partial charge in [-0.25, -0.2) is 12.7 Å². The van der Waals surface area contributed by atoms with Crippen molar-refractivity contribution in [2.45, 2.75) is 30.3 Å². The molecule has 8 heteroatoms. The van der Waals surface area contributed by atoms with Crippen LogP contribution in [0.15, 0.2) is 59.5 Å². The summed E-state index contributed by atoms with van der Waals surface area (Å²) < 4.78 is 31.4. The van der Waals surface area contributed by atoms with Gasteiger partial charge in [-0.05, 0) is 36.2 Å². The Hall–Kier alpha value is -2.87. The zero-order chi connectivity index (χ0) is 19.4. The lowest BCUT2D eigenvalue weighted by Gasteiger charge is -2.23. The predicted molar refractivity (Wildman–Crippen MR) is 98.3 cm³/mol. The van der Waals surface area contributed by atoms with Gasteiger partial charge < -0.3 is 10.1 Å². The van der Waals surface area contributed by atoms with Crippen molar-refractivity contribution < 1.29 is 22.7 Å². The number of nitrogens with zero attached hydrogens (tertiary/aromatic N) is 1. The molecule has 1 heterocycles. The van der Waals surface area contributed by atoms with Gasteiger partial charge >= 0.3 is 0 Å². The molecule has 7 nitrogen and oxygen atoms in total. The average molecular weight is 388 g/mol. The van der Waals surface area contributed by atoms with Crippen LogP contribution in [0.5, 0.6) is 5.75 Å². The van der Waals surface area contributed by atoms with E-state index in [1.165, 1.54) is 12.1 Å². The lowest BCUT2D eigenvalue weighted by molar-refractivity contribution is -0.130. The van der Waals surface area contributed by atoms with Gasteiger partial charge in [-0.15, -0.1) is 0 Å². The second-order valence-corrected chi connectivity index (χ2v) is 7.94. The molecule has 0 aliphatic carbocycles. The summed E-state index contributed by atoms with van der Waals surface area (Å²) in [6, 6.07) is 13.8. The minimum Gasteiger partial charge on any atom is -0.497 e. The number of carbonyl (C=O) groups is 2. The third-order valence-electron chi connectivity index (χ3n) is 4.39. The number of hydrogen-bond donors (Lipinski definition) is 1. The molecule has 0 spiro atoms. The van der Waals surface area contributed by atoms with Crippen LogP contribution in [0.3, 0.4) is 0 Å². The number of nitrogens with one attached hydrogen (secondary N) is 1. The molecule has 2 amide bonds. The fourth-order valence-corrected chi connectivity index (χ4v) is 4.58. The van der Waals surface area contributed by atoms with E-state index in [1.807, 2.05) is 0 Å². The molecule has 1 aliphatic rings. The van der Waals surface area contributed by atoms with E-state index in [0.29, 0.717) is 10.1 Å². The first-order valence-corrected chi connectivity index (χ1v) is 9.90. The summed E-state index contributed by atoms with van der Waals surface area (Å²) in [5, 5.41) is 2.71. The Morgan fingerprint density at radius 3 is 2.44 bits per heavy atom. The third kappa shape index (κ3) is 3.95. The highest BCUT2D eigenvalue weighted by atomic mass is 32.2. The van der Waals surface area contributed by atoms with Crippen molar-refractivity contribution in [2.75, 3.05) is 7.11 Å². The van der Waals surface area contributed by atoms with Crippen LogP contribution in [0.4, 0.5) is 0 Å². The number of carbonyl (C=O) groups excluding carboxylic acids is 2. The summed E-state index contributed by atoms with van der Waals surface area (Å²) in [6.45, 7) is 0.229. The van der Waals surface area contributed by atoms with E-state index in [1.54, 1.807) is 49.6 Å². The van der Waals surface area contributed by atoms with Gasteiger partial charge in [0.05, 0.1) is 12.0 Å². The van der Waals surface area contributed by atoms with E-state index in [2.05, 4.69) is 5.32 Å². The summed E-state index contributed by atoms with van der Waals surface area (Å²) in [5.74, 6) is -0.355. The maximum absolute atomic E-state index is 12.8. The minimum absolute atomic E-state index is 0.00629. The normalized spacial score (nSPS) is 17.0. The van der Waals surface area contributed by atoms with Crippen molar-refractivity contribution in [2.24, 2.45) is 0 Å². The Morgan fingerprint density at radius 1 is 1.15 bits per heavy atom. The highest BCUT2D eigenvalue weighted by Crippen LogP contribution is 2.27. The predicted octanol–water partition coefficient (Wildman–Crippen LogP) is 1.69. The quantitative estimate of drug-likeness (QED) is 0.813. The molecule has 1 atom stereocenters. The number of amides is 2. The molecule has 1 aliphatic heterocycles. The average Bonchev–Trinajstić information content (AvgIpc) is 3.09. The topological polar surface area (TPSA) is 92.8 Å². The summed E-state index contributed by atoms with van der Waals surface area (Å²) in [6.07, 6.45) is 0.187. The standard InChI is InChI=1S/C19H20N2O5S/c1-26-15-9-7-14(8-10-15)13-20-19(23)17-11-12-18(22)21(17)27(24,25)16-5-3-2-4-6-16/h2-10,17H,11-13H2,1H3,(H,20,23). The van der Waals surface area contributed by atoms with Gasteiger partial charge in [-0.1, -0.05) is 30.3 Å². The Kier molecular flexibility index (Phi) is 5.46. The van der Waals surface area contributed by atoms with Gasteiger partial charge in [0.15, 0.2) is 0 Å². The zero-order valence-corrected chi connectivity index (χ0v) is 15.6. The van der Waals surface area contributed by atoms with Gasteiger partial charge in [0, 0.05) is 13.0 Å². The smallest absolute Gasteiger partial charge is 0.267 e. The van der Waals surface area contributed by atoms with E-state index < -0.39 is 27.9 Å². The van der Waals surface area contributed by atoms with Gasteiger partial charge in [-0.3, -0.25) is 9.59 Å². The van der Waals surface area contributed by atoms with Gasteiger partial charge in [0.1, 0.15) is 11.8 Å². The van der Waals surface area contributed by atoms with Crippen LogP contribution < -0.4 is 10.1 Å². The molecule has 0 aromatic heterocycles. The van der Waals surface area contributed by atoms with Crippen molar-refractivity contribution in [1.82, 2.24) is 9.62 Å². The second kappa shape index (κ2) is 7.79. The van der Waals surface area contributed by atoms with E-state index in [0.717, 1.165) is 5.56 Å². The van der Waals surface area contributed by atoms with Crippen LogP contribution in [0.2, 0.25) is 0 Å². The first-order chi connectivity index (χ1) is 12.9. The van der Waals surface area contributed by atoms with Gasteiger partial charge in [0.25, 0.3) is 10.0 Å². The second-order valence-electron chi connectivity index (χ2n) is 6.13. The number of benzene rings is 2. The summed E-state index contributed by atoms with van der Waals surface area (Å²) >= 11 is 0. The molecule has 2 aromatic rings. The Balaban J connectivity index is 1.74. The van der Waals surface area contributed by atoms with Crippen LogP contribution >= 0.6 is 0 Å². The highest BCUT2D eigenvalue weighted by molar-refractivity contribution is 7.89. The molecular weight excluding hydrogens is 368 g/mol. The molecule has 0 saturated carbocycles. The number of rotatable bonds is 6. The molecule has 1 fully saturated rings. The van der Waals surface area contributed by atoms with Crippen LogP contribution in [0.1, 0.15) is 18.4 Å². The third-order valence-corrected chi connectivity index (χ3v) is 6.23. The van der Waals surface area contributed by atoms with Crippen molar-refractivity contribution in [3.63, 3.8) is 0 Å². The largest absolute Gasteiger partial charge is 0.497 e. The van der Waals surface area contributed by atoms with Crippen molar-refractivity contribution in [3.05, 3.63) is 60.2 Å². The summed E-state index contributed by atoms with van der Waals surface area (Å²) in [4.78, 5) is 24.8. The maximum atomic E-state index is 12.8. The minimum atomic E-state index is -4.07. The Labute approximate surface area is 158 Å². The lowest BCUT2D eigenvalue weighted by atomic mass is 10.2. The highest BCUT2D eigenvalue weighted by Gasteiger charge is 2.44. The Bertz CT molecular complexity index is 926. The van der Waals surface area contributed by atoms with Gasteiger partial charge in [0.2, 0.25) is 11.8 Å². The molecule has 0 bridgehead atoms. The fourth-order valence-electron chi connectivity index (χ4n) is 2.96. The summed E-state index contributed by atoms with van der Waals surface area (Å²) in [7, 11) is -2.50. The number of hydrogen-bond acceptors (Lipinski definition) is 5. The summed E-state index contributed by atoms with van der Waals surface area (Å²) in [5.41, 5.74) is 0.839.